The SMILES string of the molecule is C[C@@H](OC(=O)/C=C/c1ccc(OC(F)F)cc1)C(=O)N1c2ccccc2C[C@@H]1C. The van der Waals surface area contributed by atoms with E-state index in [-0.39, 0.29) is 17.7 Å². The summed E-state index contributed by atoms with van der Waals surface area (Å²) in [6.07, 6.45) is 2.48. The Bertz CT molecular complexity index is 911. The van der Waals surface area contributed by atoms with Gasteiger partial charge in [-0.2, -0.15) is 8.78 Å². The van der Waals surface area contributed by atoms with Gasteiger partial charge in [0.05, 0.1) is 0 Å². The van der Waals surface area contributed by atoms with Crippen LogP contribution >= 0.6 is 0 Å². The number of amides is 1. The first-order valence-electron chi connectivity index (χ1n) is 9.19. The van der Waals surface area contributed by atoms with Crippen molar-refractivity contribution in [2.24, 2.45) is 0 Å². The highest BCUT2D eigenvalue weighted by Gasteiger charge is 2.34. The zero-order valence-electron chi connectivity index (χ0n) is 16.0. The number of para-hydroxylation sites is 1. The Morgan fingerprint density at radius 1 is 1.14 bits per heavy atom. The van der Waals surface area contributed by atoms with Crippen LogP contribution in [0, 0.1) is 0 Å². The quantitative estimate of drug-likeness (QED) is 0.538. The Morgan fingerprint density at radius 2 is 1.83 bits per heavy atom. The molecule has 1 aliphatic heterocycles. The molecule has 0 radical (unpaired) electrons. The van der Waals surface area contributed by atoms with Gasteiger partial charge in [0.1, 0.15) is 5.75 Å². The molecule has 1 amide bonds. The number of nitrogens with zero attached hydrogens (tertiary/aromatic N) is 1. The smallest absolute Gasteiger partial charge is 0.387 e. The molecule has 0 aromatic heterocycles. The van der Waals surface area contributed by atoms with Gasteiger partial charge in [0.25, 0.3) is 5.91 Å². The second kappa shape index (κ2) is 8.86. The van der Waals surface area contributed by atoms with Gasteiger partial charge >= 0.3 is 12.6 Å². The monoisotopic (exact) mass is 401 g/mol. The molecule has 0 aliphatic carbocycles. The summed E-state index contributed by atoms with van der Waals surface area (Å²) in [4.78, 5) is 26.6. The lowest BCUT2D eigenvalue weighted by atomic mass is 10.1. The normalized spacial score (nSPS) is 16.7. The van der Waals surface area contributed by atoms with E-state index in [2.05, 4.69) is 4.74 Å². The third-order valence-electron chi connectivity index (χ3n) is 4.60. The summed E-state index contributed by atoms with van der Waals surface area (Å²) in [5.74, 6) is -0.921. The molecule has 0 spiro atoms. The lowest BCUT2D eigenvalue weighted by molar-refractivity contribution is -0.149. The first-order valence-corrected chi connectivity index (χ1v) is 9.19. The summed E-state index contributed by atoms with van der Waals surface area (Å²) in [5.41, 5.74) is 2.53. The van der Waals surface area contributed by atoms with Crippen LogP contribution in [0.3, 0.4) is 0 Å². The van der Waals surface area contributed by atoms with Crippen LogP contribution in [0.25, 0.3) is 6.08 Å². The second-order valence-corrected chi connectivity index (χ2v) is 6.75. The average Bonchev–Trinajstić information content (AvgIpc) is 3.02. The van der Waals surface area contributed by atoms with Crippen molar-refractivity contribution in [3.05, 3.63) is 65.7 Å². The topological polar surface area (TPSA) is 55.8 Å². The fraction of sp³-hybridized carbons (Fsp3) is 0.273. The molecule has 0 unspecified atom stereocenters. The van der Waals surface area contributed by atoms with Crippen LogP contribution in [0.1, 0.15) is 25.0 Å². The summed E-state index contributed by atoms with van der Waals surface area (Å²) < 4.78 is 33.8. The van der Waals surface area contributed by atoms with Crippen LogP contribution in [0.15, 0.2) is 54.6 Å². The molecule has 29 heavy (non-hydrogen) atoms. The Labute approximate surface area is 167 Å². The summed E-state index contributed by atoms with van der Waals surface area (Å²) in [5, 5.41) is 0. The molecule has 3 rings (SSSR count). The van der Waals surface area contributed by atoms with Crippen molar-refractivity contribution in [2.75, 3.05) is 4.90 Å². The minimum absolute atomic E-state index is 0.00873. The van der Waals surface area contributed by atoms with E-state index in [1.165, 1.54) is 43.3 Å². The zero-order valence-corrected chi connectivity index (χ0v) is 16.0. The fourth-order valence-electron chi connectivity index (χ4n) is 3.29. The fourth-order valence-corrected chi connectivity index (χ4v) is 3.29. The van der Waals surface area contributed by atoms with E-state index >= 15 is 0 Å². The van der Waals surface area contributed by atoms with E-state index in [0.717, 1.165) is 17.7 Å². The molecule has 0 N–H and O–H groups in total. The number of carbonyl (C=O) groups is 2. The predicted molar refractivity (Wildman–Crippen MR) is 105 cm³/mol. The third kappa shape index (κ3) is 4.99. The number of carbonyl (C=O) groups excluding carboxylic acids is 2. The highest BCUT2D eigenvalue weighted by molar-refractivity contribution is 6.00. The van der Waals surface area contributed by atoms with Crippen LogP contribution in [0.4, 0.5) is 14.5 Å². The summed E-state index contributed by atoms with van der Waals surface area (Å²) >= 11 is 0. The molecule has 7 heteroatoms. The summed E-state index contributed by atoms with van der Waals surface area (Å²) in [6, 6.07) is 13.4. The first kappa shape index (κ1) is 20.5. The van der Waals surface area contributed by atoms with Crippen LogP contribution in [0.2, 0.25) is 0 Å². The van der Waals surface area contributed by atoms with Crippen molar-refractivity contribution in [2.45, 2.75) is 39.0 Å². The molecule has 1 heterocycles. The lowest BCUT2D eigenvalue weighted by Crippen LogP contribution is -2.43. The molecule has 0 saturated heterocycles. The Kier molecular flexibility index (Phi) is 6.26. The molecule has 0 bridgehead atoms. The molecule has 0 fully saturated rings. The van der Waals surface area contributed by atoms with Gasteiger partial charge < -0.3 is 14.4 Å². The van der Waals surface area contributed by atoms with Gasteiger partial charge in [-0.15, -0.1) is 0 Å². The Hall–Kier alpha value is -3.22. The van der Waals surface area contributed by atoms with Gasteiger partial charge in [-0.25, -0.2) is 4.79 Å². The third-order valence-corrected chi connectivity index (χ3v) is 4.60. The lowest BCUT2D eigenvalue weighted by Gasteiger charge is -2.25. The average molecular weight is 401 g/mol. The number of fused-ring (bicyclic) bond motifs is 1. The molecular weight excluding hydrogens is 380 g/mol. The largest absolute Gasteiger partial charge is 0.449 e. The van der Waals surface area contributed by atoms with Crippen LogP contribution in [-0.4, -0.2) is 30.6 Å². The highest BCUT2D eigenvalue weighted by atomic mass is 19.3. The minimum Gasteiger partial charge on any atom is -0.449 e. The molecule has 2 atom stereocenters. The van der Waals surface area contributed by atoms with Crippen molar-refractivity contribution in [3.8, 4) is 5.75 Å². The van der Waals surface area contributed by atoms with Crippen molar-refractivity contribution in [1.29, 1.82) is 0 Å². The molecule has 1 aliphatic rings. The summed E-state index contributed by atoms with van der Waals surface area (Å²) in [7, 11) is 0. The van der Waals surface area contributed by atoms with Crippen molar-refractivity contribution >= 4 is 23.6 Å². The minimum atomic E-state index is -2.89. The standard InChI is InChI=1S/C22H21F2NO4/c1-14-13-17-5-3-4-6-19(17)25(14)21(27)15(2)28-20(26)12-9-16-7-10-18(11-8-16)29-22(23)24/h3-12,14-15,22H,13H2,1-2H3/b12-9+/t14-,15+/m0/s1. The highest BCUT2D eigenvalue weighted by Crippen LogP contribution is 2.32. The number of rotatable bonds is 6. The van der Waals surface area contributed by atoms with E-state index in [0.29, 0.717) is 5.56 Å². The maximum absolute atomic E-state index is 12.8. The van der Waals surface area contributed by atoms with Gasteiger partial charge in [-0.05, 0) is 55.7 Å². The number of halogens is 2. The number of benzene rings is 2. The zero-order chi connectivity index (χ0) is 21.0. The number of alkyl halides is 2. The number of ether oxygens (including phenoxy) is 2. The molecule has 2 aromatic rings. The number of hydrogen-bond donors (Lipinski definition) is 0. The number of anilines is 1. The molecule has 5 nitrogen and oxygen atoms in total. The molecule has 152 valence electrons. The second-order valence-electron chi connectivity index (χ2n) is 6.75. The van der Waals surface area contributed by atoms with E-state index in [9.17, 15) is 18.4 Å². The van der Waals surface area contributed by atoms with Gasteiger partial charge in [0.15, 0.2) is 6.10 Å². The maximum atomic E-state index is 12.8. The van der Waals surface area contributed by atoms with E-state index in [1.54, 1.807) is 4.90 Å². The molecule has 2 aromatic carbocycles. The first-order chi connectivity index (χ1) is 13.8. The van der Waals surface area contributed by atoms with Crippen LogP contribution in [-0.2, 0) is 20.7 Å². The van der Waals surface area contributed by atoms with Gasteiger partial charge in [0.2, 0.25) is 0 Å². The Morgan fingerprint density at radius 3 is 2.52 bits per heavy atom. The van der Waals surface area contributed by atoms with Crippen molar-refractivity contribution < 1.29 is 27.8 Å². The Balaban J connectivity index is 1.59. The predicted octanol–water partition coefficient (Wildman–Crippen LogP) is 4.21. The van der Waals surface area contributed by atoms with E-state index in [1.807, 2.05) is 31.2 Å². The van der Waals surface area contributed by atoms with E-state index < -0.39 is 18.7 Å². The maximum Gasteiger partial charge on any atom is 0.387 e. The number of esters is 1. The van der Waals surface area contributed by atoms with Crippen molar-refractivity contribution in [3.63, 3.8) is 0 Å². The van der Waals surface area contributed by atoms with Gasteiger partial charge in [-0.3, -0.25) is 4.79 Å². The summed E-state index contributed by atoms with van der Waals surface area (Å²) in [6.45, 7) is 0.599. The van der Waals surface area contributed by atoms with E-state index in [4.69, 9.17) is 4.74 Å². The van der Waals surface area contributed by atoms with Crippen LogP contribution in [0.5, 0.6) is 5.75 Å². The molecular formula is C22H21F2NO4. The number of hydrogen-bond acceptors (Lipinski definition) is 4. The van der Waals surface area contributed by atoms with Gasteiger partial charge in [-0.1, -0.05) is 30.3 Å². The molecule has 0 saturated carbocycles. The van der Waals surface area contributed by atoms with Gasteiger partial charge in [0, 0.05) is 17.8 Å². The van der Waals surface area contributed by atoms with Crippen LogP contribution < -0.4 is 9.64 Å². The van der Waals surface area contributed by atoms with Crippen molar-refractivity contribution in [1.82, 2.24) is 0 Å².